The molecule has 0 aliphatic heterocycles. The Morgan fingerprint density at radius 3 is 2.71 bits per heavy atom. The average Bonchev–Trinajstić information content (AvgIpc) is 3.58. The third kappa shape index (κ3) is 3.94. The molecule has 3 heterocycles. The molecule has 0 unspecified atom stereocenters. The number of amides is 1. The maximum absolute atomic E-state index is 13.0. The molecule has 1 saturated carbocycles. The molecule has 1 aliphatic rings. The molecule has 0 bridgehead atoms. The lowest BCUT2D eigenvalue weighted by Crippen LogP contribution is -2.19. The van der Waals surface area contributed by atoms with Gasteiger partial charge < -0.3 is 9.88 Å². The fourth-order valence-corrected chi connectivity index (χ4v) is 5.46. The Labute approximate surface area is 202 Å². The minimum Gasteiger partial charge on any atom is -0.327 e. The summed E-state index contributed by atoms with van der Waals surface area (Å²) >= 11 is 1.34. The molecular formula is C25H25N7OS. The molecule has 8 nitrogen and oxygen atoms in total. The van der Waals surface area contributed by atoms with Gasteiger partial charge in [-0.25, -0.2) is 14.6 Å². The van der Waals surface area contributed by atoms with Gasteiger partial charge in [-0.05, 0) is 44.4 Å². The predicted molar refractivity (Wildman–Crippen MR) is 132 cm³/mol. The number of carbonyl (C=O) groups is 1. The first-order valence-corrected chi connectivity index (χ1v) is 12.3. The lowest BCUT2D eigenvalue weighted by Gasteiger charge is -2.19. The second-order valence-corrected chi connectivity index (χ2v) is 9.46. The van der Waals surface area contributed by atoms with Crippen molar-refractivity contribution >= 4 is 34.5 Å². The Morgan fingerprint density at radius 2 is 1.97 bits per heavy atom. The Kier molecular flexibility index (Phi) is 6.07. The molecule has 0 atom stereocenters. The number of nitrogens with zero attached hydrogens (tertiary/aromatic N) is 6. The standard InChI is InChI=1S/C25H25N7OS/c1-16-17(2)31(18-8-6-7-9-18)24(20(16)12-26)30-22(33)14-34-25-21-13-29-32(23(21)27-15-28-25)19-10-4-3-5-11-19/h3-5,10-11,13,15,18H,6-9,14H2,1-2H3,(H,30,33). The third-order valence-electron chi connectivity index (χ3n) is 6.49. The van der Waals surface area contributed by atoms with Gasteiger partial charge in [0.2, 0.25) is 5.91 Å². The first-order valence-electron chi connectivity index (χ1n) is 11.4. The molecule has 172 valence electrons. The summed E-state index contributed by atoms with van der Waals surface area (Å²) in [5, 5.41) is 18.8. The van der Waals surface area contributed by atoms with Gasteiger partial charge in [-0.15, -0.1) is 0 Å². The fourth-order valence-electron chi connectivity index (χ4n) is 4.70. The van der Waals surface area contributed by atoms with E-state index in [1.807, 2.05) is 44.2 Å². The van der Waals surface area contributed by atoms with E-state index in [1.165, 1.54) is 30.9 Å². The molecule has 9 heteroatoms. The van der Waals surface area contributed by atoms with Crippen LogP contribution >= 0.6 is 11.8 Å². The number of nitriles is 1. The van der Waals surface area contributed by atoms with Crippen molar-refractivity contribution in [1.82, 2.24) is 24.3 Å². The summed E-state index contributed by atoms with van der Waals surface area (Å²) in [6, 6.07) is 12.4. The van der Waals surface area contributed by atoms with Crippen molar-refractivity contribution in [1.29, 1.82) is 5.26 Å². The second-order valence-electron chi connectivity index (χ2n) is 8.50. The molecular weight excluding hydrogens is 446 g/mol. The number of thioether (sulfide) groups is 1. The van der Waals surface area contributed by atoms with Gasteiger partial charge in [-0.3, -0.25) is 4.79 Å². The zero-order chi connectivity index (χ0) is 23.7. The van der Waals surface area contributed by atoms with Crippen LogP contribution in [0.1, 0.15) is 48.5 Å². The highest BCUT2D eigenvalue weighted by atomic mass is 32.2. The van der Waals surface area contributed by atoms with Crippen LogP contribution < -0.4 is 5.32 Å². The summed E-state index contributed by atoms with van der Waals surface area (Å²) in [6.45, 7) is 3.98. The highest BCUT2D eigenvalue weighted by Crippen LogP contribution is 2.38. The van der Waals surface area contributed by atoms with Gasteiger partial charge in [0.15, 0.2) is 5.65 Å². The summed E-state index contributed by atoms with van der Waals surface area (Å²) in [5.41, 5.74) is 4.14. The number of aromatic nitrogens is 5. The van der Waals surface area contributed by atoms with Crippen molar-refractivity contribution in [3.05, 3.63) is 59.7 Å². The Hall–Kier alpha value is -3.64. The zero-order valence-electron chi connectivity index (χ0n) is 19.2. The number of para-hydroxylation sites is 1. The maximum atomic E-state index is 13.0. The molecule has 1 aliphatic carbocycles. The van der Waals surface area contributed by atoms with Crippen LogP contribution in [0.15, 0.2) is 47.9 Å². The van der Waals surface area contributed by atoms with Crippen LogP contribution in [-0.2, 0) is 4.79 Å². The number of rotatable bonds is 6. The summed E-state index contributed by atoms with van der Waals surface area (Å²) in [7, 11) is 0. The largest absolute Gasteiger partial charge is 0.327 e. The highest BCUT2D eigenvalue weighted by Gasteiger charge is 2.26. The van der Waals surface area contributed by atoms with Crippen LogP contribution in [0.25, 0.3) is 16.7 Å². The van der Waals surface area contributed by atoms with Crippen LogP contribution in [0.4, 0.5) is 5.82 Å². The van der Waals surface area contributed by atoms with Gasteiger partial charge >= 0.3 is 0 Å². The van der Waals surface area contributed by atoms with E-state index < -0.39 is 0 Å². The maximum Gasteiger partial charge on any atom is 0.235 e. The van der Waals surface area contributed by atoms with Crippen LogP contribution in [-0.4, -0.2) is 36.0 Å². The Morgan fingerprint density at radius 1 is 1.21 bits per heavy atom. The van der Waals surface area contributed by atoms with Crippen LogP contribution in [0.3, 0.4) is 0 Å². The van der Waals surface area contributed by atoms with Crippen molar-refractivity contribution in [3.8, 4) is 11.8 Å². The minimum absolute atomic E-state index is 0.166. The van der Waals surface area contributed by atoms with Crippen molar-refractivity contribution in [2.24, 2.45) is 0 Å². The minimum atomic E-state index is -0.166. The summed E-state index contributed by atoms with van der Waals surface area (Å²) < 4.78 is 3.93. The number of carbonyl (C=O) groups excluding carboxylic acids is 1. The molecule has 3 aromatic heterocycles. The van der Waals surface area contributed by atoms with E-state index in [1.54, 1.807) is 10.9 Å². The van der Waals surface area contributed by atoms with Crippen molar-refractivity contribution < 1.29 is 4.79 Å². The average molecular weight is 472 g/mol. The van der Waals surface area contributed by atoms with E-state index in [2.05, 4.69) is 31.0 Å². The smallest absolute Gasteiger partial charge is 0.235 e. The zero-order valence-corrected chi connectivity index (χ0v) is 20.0. The lowest BCUT2D eigenvalue weighted by molar-refractivity contribution is -0.113. The van der Waals surface area contributed by atoms with Gasteiger partial charge in [0.25, 0.3) is 0 Å². The molecule has 0 spiro atoms. The predicted octanol–water partition coefficient (Wildman–Crippen LogP) is 4.95. The number of anilines is 1. The third-order valence-corrected chi connectivity index (χ3v) is 7.49. The normalized spacial score (nSPS) is 13.9. The van der Waals surface area contributed by atoms with Crippen LogP contribution in [0, 0.1) is 25.2 Å². The van der Waals surface area contributed by atoms with E-state index in [4.69, 9.17) is 0 Å². The topological polar surface area (TPSA) is 101 Å². The number of hydrogen-bond donors (Lipinski definition) is 1. The molecule has 0 radical (unpaired) electrons. The van der Waals surface area contributed by atoms with Gasteiger partial charge in [0, 0.05) is 11.7 Å². The van der Waals surface area contributed by atoms with Crippen molar-refractivity contribution in [2.45, 2.75) is 50.6 Å². The van der Waals surface area contributed by atoms with Gasteiger partial charge in [0.05, 0.1) is 28.6 Å². The lowest BCUT2D eigenvalue weighted by atomic mass is 10.2. The highest BCUT2D eigenvalue weighted by molar-refractivity contribution is 8.00. The number of fused-ring (bicyclic) bond motifs is 1. The summed E-state index contributed by atoms with van der Waals surface area (Å²) in [4.78, 5) is 21.8. The number of hydrogen-bond acceptors (Lipinski definition) is 6. The Bertz CT molecular complexity index is 1390. The van der Waals surface area contributed by atoms with E-state index in [0.717, 1.165) is 35.2 Å². The van der Waals surface area contributed by atoms with E-state index in [9.17, 15) is 10.1 Å². The van der Waals surface area contributed by atoms with E-state index >= 15 is 0 Å². The molecule has 1 N–H and O–H groups in total. The van der Waals surface area contributed by atoms with E-state index in [-0.39, 0.29) is 11.7 Å². The van der Waals surface area contributed by atoms with Gasteiger partial charge in [-0.2, -0.15) is 10.4 Å². The molecule has 1 fully saturated rings. The molecule has 1 aromatic carbocycles. The van der Waals surface area contributed by atoms with Gasteiger partial charge in [0.1, 0.15) is 23.2 Å². The van der Waals surface area contributed by atoms with E-state index in [0.29, 0.717) is 28.1 Å². The molecule has 34 heavy (non-hydrogen) atoms. The molecule has 0 saturated heterocycles. The number of nitrogens with one attached hydrogen (secondary N) is 1. The van der Waals surface area contributed by atoms with Crippen molar-refractivity contribution in [3.63, 3.8) is 0 Å². The van der Waals surface area contributed by atoms with Crippen LogP contribution in [0.5, 0.6) is 0 Å². The SMILES string of the molecule is Cc1c(C#N)c(NC(=O)CSc2ncnc3c2cnn3-c2ccccc2)n(C2CCCC2)c1C. The number of benzene rings is 1. The first-order chi connectivity index (χ1) is 16.6. The van der Waals surface area contributed by atoms with Crippen molar-refractivity contribution in [2.75, 3.05) is 11.1 Å². The summed E-state index contributed by atoms with van der Waals surface area (Å²) in [6.07, 6.45) is 7.72. The summed E-state index contributed by atoms with van der Waals surface area (Å²) in [5.74, 6) is 0.627. The van der Waals surface area contributed by atoms with Crippen LogP contribution in [0.2, 0.25) is 0 Å². The molecule has 4 aromatic rings. The molecule has 1 amide bonds. The second kappa shape index (κ2) is 9.31. The first kappa shape index (κ1) is 22.2. The fraction of sp³-hybridized carbons (Fsp3) is 0.320. The quantitative estimate of drug-likeness (QED) is 0.315. The monoisotopic (exact) mass is 471 g/mol. The molecule has 5 rings (SSSR count). The Balaban J connectivity index is 1.37. The van der Waals surface area contributed by atoms with Gasteiger partial charge in [-0.1, -0.05) is 42.8 Å².